The van der Waals surface area contributed by atoms with Gasteiger partial charge in [-0.2, -0.15) is 0 Å². The third-order valence-electron chi connectivity index (χ3n) is 3.23. The Balaban J connectivity index is 2.16. The van der Waals surface area contributed by atoms with Gasteiger partial charge < -0.3 is 11.5 Å². The van der Waals surface area contributed by atoms with Crippen LogP contribution in [0.2, 0.25) is 5.02 Å². The number of sulfonamides is 1. The Morgan fingerprint density at radius 1 is 1.32 bits per heavy atom. The van der Waals surface area contributed by atoms with Crippen molar-refractivity contribution in [1.82, 2.24) is 9.71 Å². The summed E-state index contributed by atoms with van der Waals surface area (Å²) in [6.07, 6.45) is 4.41. The zero-order chi connectivity index (χ0) is 14.0. The molecule has 1 heterocycles. The fraction of sp³-hybridized carbons (Fsp3) is 0.545. The molecule has 0 spiro atoms. The molecule has 0 aliphatic heterocycles. The lowest BCUT2D eigenvalue weighted by Crippen LogP contribution is -2.40. The van der Waals surface area contributed by atoms with Gasteiger partial charge in [-0.15, -0.1) is 0 Å². The van der Waals surface area contributed by atoms with Gasteiger partial charge in [-0.3, -0.25) is 0 Å². The summed E-state index contributed by atoms with van der Waals surface area (Å²) in [5, 5.41) is 0.236. The number of anilines is 1. The van der Waals surface area contributed by atoms with Crippen molar-refractivity contribution in [2.75, 3.05) is 5.73 Å². The topological polar surface area (TPSA) is 111 Å². The van der Waals surface area contributed by atoms with Gasteiger partial charge in [0.15, 0.2) is 0 Å². The fourth-order valence-electron chi connectivity index (χ4n) is 2.17. The van der Waals surface area contributed by atoms with Crippen molar-refractivity contribution in [3.05, 3.63) is 17.3 Å². The first-order valence-electron chi connectivity index (χ1n) is 6.07. The van der Waals surface area contributed by atoms with Crippen LogP contribution in [-0.2, 0) is 10.0 Å². The van der Waals surface area contributed by atoms with E-state index in [0.29, 0.717) is 0 Å². The molecule has 1 aromatic rings. The molecule has 8 heteroatoms. The summed E-state index contributed by atoms with van der Waals surface area (Å²) >= 11 is 5.76. The van der Waals surface area contributed by atoms with Crippen LogP contribution in [0.25, 0.3) is 0 Å². The second kappa shape index (κ2) is 5.62. The number of nitrogens with zero attached hydrogens (tertiary/aromatic N) is 1. The lowest BCUT2D eigenvalue weighted by Gasteiger charge is -2.26. The van der Waals surface area contributed by atoms with Gasteiger partial charge >= 0.3 is 0 Å². The van der Waals surface area contributed by atoms with Crippen molar-refractivity contribution < 1.29 is 8.42 Å². The molecule has 0 aromatic carbocycles. The minimum Gasteiger partial charge on any atom is -0.383 e. The highest BCUT2D eigenvalue weighted by Crippen LogP contribution is 2.23. The van der Waals surface area contributed by atoms with E-state index in [1.165, 1.54) is 12.3 Å². The second-order valence-corrected chi connectivity index (χ2v) is 6.89. The van der Waals surface area contributed by atoms with Crippen LogP contribution < -0.4 is 16.2 Å². The van der Waals surface area contributed by atoms with E-state index in [9.17, 15) is 8.42 Å². The van der Waals surface area contributed by atoms with Crippen molar-refractivity contribution >= 4 is 27.4 Å². The summed E-state index contributed by atoms with van der Waals surface area (Å²) in [6.45, 7) is 0. The normalized spacial score (nSPS) is 24.3. The molecule has 0 atom stereocenters. The van der Waals surface area contributed by atoms with E-state index in [-0.39, 0.29) is 27.8 Å². The van der Waals surface area contributed by atoms with Crippen molar-refractivity contribution in [1.29, 1.82) is 0 Å². The highest BCUT2D eigenvalue weighted by Gasteiger charge is 2.26. The lowest BCUT2D eigenvalue weighted by atomic mass is 9.93. The highest BCUT2D eigenvalue weighted by molar-refractivity contribution is 7.89. The Kier molecular flexibility index (Phi) is 4.29. The Bertz CT molecular complexity index is 556. The molecule has 6 nitrogen and oxygen atoms in total. The molecule has 19 heavy (non-hydrogen) atoms. The zero-order valence-electron chi connectivity index (χ0n) is 10.3. The summed E-state index contributed by atoms with van der Waals surface area (Å²) in [5.41, 5.74) is 11.4. The van der Waals surface area contributed by atoms with Crippen molar-refractivity contribution in [3.8, 4) is 0 Å². The Labute approximate surface area is 117 Å². The van der Waals surface area contributed by atoms with E-state index in [1.807, 2.05) is 0 Å². The average molecular weight is 305 g/mol. The Hall–Kier alpha value is -0.890. The van der Waals surface area contributed by atoms with Gasteiger partial charge in [0.1, 0.15) is 10.7 Å². The smallest absolute Gasteiger partial charge is 0.244 e. The van der Waals surface area contributed by atoms with Gasteiger partial charge in [-0.05, 0) is 31.7 Å². The van der Waals surface area contributed by atoms with Gasteiger partial charge in [0, 0.05) is 18.3 Å². The fourth-order valence-corrected chi connectivity index (χ4v) is 3.80. The first-order chi connectivity index (χ1) is 8.88. The summed E-state index contributed by atoms with van der Waals surface area (Å²) in [7, 11) is -3.69. The van der Waals surface area contributed by atoms with Crippen LogP contribution in [0.3, 0.4) is 0 Å². The molecular weight excluding hydrogens is 288 g/mol. The number of nitrogen functional groups attached to an aromatic ring is 1. The maximum absolute atomic E-state index is 12.2. The number of hydrogen-bond acceptors (Lipinski definition) is 5. The van der Waals surface area contributed by atoms with Gasteiger partial charge in [0.2, 0.25) is 10.0 Å². The summed E-state index contributed by atoms with van der Waals surface area (Å²) in [4.78, 5) is 3.68. The molecule has 5 N–H and O–H groups in total. The summed E-state index contributed by atoms with van der Waals surface area (Å²) < 4.78 is 27.1. The van der Waals surface area contributed by atoms with Crippen molar-refractivity contribution in [2.45, 2.75) is 42.7 Å². The predicted octanol–water partition coefficient (Wildman–Crippen LogP) is 0.865. The van der Waals surface area contributed by atoms with E-state index in [0.717, 1.165) is 25.7 Å². The summed E-state index contributed by atoms with van der Waals surface area (Å²) in [5.74, 6) is -0.0515. The number of nitrogens with two attached hydrogens (primary N) is 2. The second-order valence-electron chi connectivity index (χ2n) is 4.77. The Morgan fingerprint density at radius 3 is 2.58 bits per heavy atom. The standard InChI is InChI=1S/C11H17ClN4O2S/c12-7-5-10(11(14)15-6-7)19(17,18)16-9-3-1-8(13)2-4-9/h5-6,8-9,16H,1-4,13H2,(H2,14,15). The first kappa shape index (κ1) is 14.5. The van der Waals surface area contributed by atoms with Crippen LogP contribution in [0.1, 0.15) is 25.7 Å². The predicted molar refractivity (Wildman–Crippen MR) is 74.2 cm³/mol. The molecule has 1 fully saturated rings. The van der Waals surface area contributed by atoms with E-state index < -0.39 is 10.0 Å². The number of nitrogens with one attached hydrogen (secondary N) is 1. The highest BCUT2D eigenvalue weighted by atomic mass is 35.5. The monoisotopic (exact) mass is 304 g/mol. The van der Waals surface area contributed by atoms with Crippen molar-refractivity contribution in [3.63, 3.8) is 0 Å². The number of hydrogen-bond donors (Lipinski definition) is 3. The Morgan fingerprint density at radius 2 is 1.95 bits per heavy atom. The maximum Gasteiger partial charge on any atom is 0.244 e. The summed E-state index contributed by atoms with van der Waals surface area (Å²) in [6, 6.07) is 1.36. The SMILES string of the molecule is Nc1ncc(Cl)cc1S(=O)(=O)NC1CCC(N)CC1. The molecular formula is C11H17ClN4O2S. The molecule has 0 radical (unpaired) electrons. The number of rotatable bonds is 3. The number of aromatic nitrogens is 1. The minimum atomic E-state index is -3.69. The molecule has 106 valence electrons. The van der Waals surface area contributed by atoms with Crippen LogP contribution in [0.5, 0.6) is 0 Å². The molecule has 1 aliphatic carbocycles. The van der Waals surface area contributed by atoms with Crippen LogP contribution in [0.15, 0.2) is 17.2 Å². The first-order valence-corrected chi connectivity index (χ1v) is 7.93. The third kappa shape index (κ3) is 3.56. The van der Waals surface area contributed by atoms with Gasteiger partial charge in [-0.25, -0.2) is 18.1 Å². The molecule has 0 saturated heterocycles. The third-order valence-corrected chi connectivity index (χ3v) is 4.99. The van der Waals surface area contributed by atoms with Crippen LogP contribution in [-0.4, -0.2) is 25.5 Å². The van der Waals surface area contributed by atoms with E-state index in [4.69, 9.17) is 23.1 Å². The van der Waals surface area contributed by atoms with Gasteiger partial charge in [0.25, 0.3) is 0 Å². The van der Waals surface area contributed by atoms with Crippen LogP contribution in [0.4, 0.5) is 5.82 Å². The molecule has 0 unspecified atom stereocenters. The maximum atomic E-state index is 12.2. The van der Waals surface area contributed by atoms with Crippen LogP contribution >= 0.6 is 11.6 Å². The quantitative estimate of drug-likeness (QED) is 0.767. The van der Waals surface area contributed by atoms with Gasteiger partial charge in [0.05, 0.1) is 5.02 Å². The number of pyridine rings is 1. The van der Waals surface area contributed by atoms with Gasteiger partial charge in [-0.1, -0.05) is 11.6 Å². The largest absolute Gasteiger partial charge is 0.383 e. The lowest BCUT2D eigenvalue weighted by molar-refractivity contribution is 0.373. The molecule has 2 rings (SSSR count). The van der Waals surface area contributed by atoms with Crippen molar-refractivity contribution in [2.24, 2.45) is 5.73 Å². The molecule has 0 bridgehead atoms. The minimum absolute atomic E-state index is 0.0515. The number of halogens is 1. The van der Waals surface area contributed by atoms with E-state index in [1.54, 1.807) is 0 Å². The van der Waals surface area contributed by atoms with E-state index >= 15 is 0 Å². The average Bonchev–Trinajstić information content (AvgIpc) is 2.35. The molecule has 0 amide bonds. The van der Waals surface area contributed by atoms with Crippen LogP contribution in [0, 0.1) is 0 Å². The van der Waals surface area contributed by atoms with E-state index in [2.05, 4.69) is 9.71 Å². The molecule has 1 aliphatic rings. The zero-order valence-corrected chi connectivity index (χ0v) is 11.9. The molecule has 1 saturated carbocycles. The molecule has 1 aromatic heterocycles.